The number of carbonyl (C=O) groups excluding carboxylic acids is 1. The van der Waals surface area contributed by atoms with Gasteiger partial charge in [0.05, 0.1) is 10.5 Å². The van der Waals surface area contributed by atoms with Crippen LogP contribution in [0, 0.1) is 13.8 Å². The van der Waals surface area contributed by atoms with Gasteiger partial charge in [0, 0.05) is 5.54 Å². The molecule has 2 rings (SSSR count). The van der Waals surface area contributed by atoms with Crippen LogP contribution in [-0.4, -0.2) is 30.1 Å². The van der Waals surface area contributed by atoms with Crippen LogP contribution in [0.15, 0.2) is 27.6 Å². The van der Waals surface area contributed by atoms with E-state index in [0.717, 1.165) is 0 Å². The van der Waals surface area contributed by atoms with Gasteiger partial charge in [0.25, 0.3) is 5.89 Å². The molecule has 0 aliphatic rings. The third-order valence-electron chi connectivity index (χ3n) is 3.08. The lowest BCUT2D eigenvalue weighted by Crippen LogP contribution is -2.40. The Bertz CT molecular complexity index is 881. The summed E-state index contributed by atoms with van der Waals surface area (Å²) >= 11 is 0. The fraction of sp³-hybridized carbons (Fsp3) is 0.438. The van der Waals surface area contributed by atoms with Gasteiger partial charge in [-0.25, -0.2) is 17.9 Å². The summed E-state index contributed by atoms with van der Waals surface area (Å²) in [5.74, 6) is -0.0635. The second-order valence-corrected chi connectivity index (χ2v) is 8.33. The van der Waals surface area contributed by atoms with E-state index < -0.39 is 21.5 Å². The molecule has 0 amide bonds. The van der Waals surface area contributed by atoms with Gasteiger partial charge in [-0.15, -0.1) is 0 Å². The highest BCUT2D eigenvalue weighted by Crippen LogP contribution is 2.19. The second-order valence-electron chi connectivity index (χ2n) is 6.64. The predicted molar refractivity (Wildman–Crippen MR) is 89.4 cm³/mol. The number of nitrogens with one attached hydrogen (secondary N) is 1. The van der Waals surface area contributed by atoms with Gasteiger partial charge in [-0.05, 0) is 52.3 Å². The van der Waals surface area contributed by atoms with Crippen LogP contribution < -0.4 is 4.72 Å². The number of nitrogens with zero attached hydrogens (tertiary/aromatic N) is 2. The van der Waals surface area contributed by atoms with Crippen molar-refractivity contribution >= 4 is 16.0 Å². The maximum atomic E-state index is 12.4. The minimum Gasteiger partial charge on any atom is -0.452 e. The lowest BCUT2D eigenvalue weighted by molar-refractivity contribution is 0.0428. The molecule has 9 heteroatoms. The molecule has 0 bridgehead atoms. The number of benzene rings is 1. The molecule has 1 heterocycles. The minimum atomic E-state index is -3.75. The fourth-order valence-corrected chi connectivity index (χ4v) is 3.50. The van der Waals surface area contributed by atoms with Crippen LogP contribution >= 0.6 is 0 Å². The molecule has 136 valence electrons. The van der Waals surface area contributed by atoms with Crippen molar-refractivity contribution < 1.29 is 22.5 Å². The van der Waals surface area contributed by atoms with Crippen molar-refractivity contribution in [2.24, 2.45) is 0 Å². The minimum absolute atomic E-state index is 0.00592. The summed E-state index contributed by atoms with van der Waals surface area (Å²) in [5, 5.41) is 3.60. The molecule has 0 aliphatic heterocycles. The lowest BCUT2D eigenvalue weighted by atomic mass is 10.1. The molecular formula is C16H21N3O5S. The highest BCUT2D eigenvalue weighted by molar-refractivity contribution is 7.89. The van der Waals surface area contributed by atoms with Crippen molar-refractivity contribution in [1.29, 1.82) is 0 Å². The first-order chi connectivity index (χ1) is 11.5. The van der Waals surface area contributed by atoms with Gasteiger partial charge in [0.2, 0.25) is 10.0 Å². The molecule has 25 heavy (non-hydrogen) atoms. The summed E-state index contributed by atoms with van der Waals surface area (Å²) < 4.78 is 37.4. The topological polar surface area (TPSA) is 111 Å². The van der Waals surface area contributed by atoms with Crippen molar-refractivity contribution in [3.05, 3.63) is 41.0 Å². The number of esters is 1. The third-order valence-corrected chi connectivity index (χ3v) is 4.83. The molecule has 1 aromatic carbocycles. The van der Waals surface area contributed by atoms with Gasteiger partial charge in [-0.2, -0.15) is 4.98 Å². The van der Waals surface area contributed by atoms with E-state index in [1.165, 1.54) is 12.1 Å². The Morgan fingerprint density at radius 1 is 1.28 bits per heavy atom. The number of aromatic nitrogens is 2. The average molecular weight is 367 g/mol. The summed E-state index contributed by atoms with van der Waals surface area (Å²) in [7, 11) is -3.75. The number of sulfonamides is 1. The van der Waals surface area contributed by atoms with Crippen LogP contribution in [0.4, 0.5) is 0 Å². The van der Waals surface area contributed by atoms with Gasteiger partial charge in [-0.3, -0.25) is 0 Å². The van der Waals surface area contributed by atoms with Crippen molar-refractivity contribution in [1.82, 2.24) is 14.9 Å². The van der Waals surface area contributed by atoms with Crippen molar-refractivity contribution in [2.75, 3.05) is 0 Å². The maximum Gasteiger partial charge on any atom is 0.338 e. The first kappa shape index (κ1) is 19.1. The smallest absolute Gasteiger partial charge is 0.338 e. The second kappa shape index (κ2) is 6.93. The van der Waals surface area contributed by atoms with E-state index in [2.05, 4.69) is 14.9 Å². The normalized spacial score (nSPS) is 12.2. The molecule has 0 fully saturated rings. The van der Waals surface area contributed by atoms with Crippen LogP contribution in [0.1, 0.15) is 48.4 Å². The van der Waals surface area contributed by atoms with E-state index >= 15 is 0 Å². The number of hydrogen-bond acceptors (Lipinski definition) is 7. The number of rotatable bonds is 5. The Morgan fingerprint density at radius 3 is 2.52 bits per heavy atom. The van der Waals surface area contributed by atoms with Crippen LogP contribution in [-0.2, 0) is 21.4 Å². The summed E-state index contributed by atoms with van der Waals surface area (Å²) in [4.78, 5) is 16.2. The molecule has 2 aromatic rings. The van der Waals surface area contributed by atoms with E-state index in [9.17, 15) is 13.2 Å². The molecule has 0 saturated heterocycles. The zero-order chi connectivity index (χ0) is 18.8. The van der Waals surface area contributed by atoms with Crippen LogP contribution in [0.2, 0.25) is 0 Å². The molecule has 1 N–H and O–H groups in total. The Labute approximate surface area is 146 Å². The Balaban J connectivity index is 2.22. The van der Waals surface area contributed by atoms with E-state index in [1.54, 1.807) is 40.7 Å². The zero-order valence-electron chi connectivity index (χ0n) is 14.8. The van der Waals surface area contributed by atoms with Crippen LogP contribution in [0.5, 0.6) is 0 Å². The van der Waals surface area contributed by atoms with Crippen LogP contribution in [0.3, 0.4) is 0 Å². The monoisotopic (exact) mass is 367 g/mol. The molecule has 1 aromatic heterocycles. The van der Waals surface area contributed by atoms with Gasteiger partial charge >= 0.3 is 5.97 Å². The van der Waals surface area contributed by atoms with Crippen molar-refractivity contribution in [3.8, 4) is 0 Å². The van der Waals surface area contributed by atoms with Crippen LogP contribution in [0.25, 0.3) is 0 Å². The molecular weight excluding hydrogens is 346 g/mol. The molecule has 0 atom stereocenters. The Kier molecular flexibility index (Phi) is 5.28. The van der Waals surface area contributed by atoms with E-state index in [-0.39, 0.29) is 23.0 Å². The quantitative estimate of drug-likeness (QED) is 0.806. The molecule has 0 saturated carbocycles. The van der Waals surface area contributed by atoms with Gasteiger partial charge < -0.3 is 9.26 Å². The molecule has 0 unspecified atom stereocenters. The standard InChI is InChI=1S/C16H21N3O5S/c1-10-6-7-12(25(21,22)19-16(3,4)5)8-13(10)15(20)23-9-14-17-11(2)18-24-14/h6-8,19H,9H2,1-5H3. The number of aryl methyl sites for hydroxylation is 2. The van der Waals surface area contributed by atoms with Crippen molar-refractivity contribution in [3.63, 3.8) is 0 Å². The highest BCUT2D eigenvalue weighted by atomic mass is 32.2. The first-order valence-electron chi connectivity index (χ1n) is 7.59. The Hall–Kier alpha value is -2.26. The summed E-state index contributed by atoms with van der Waals surface area (Å²) in [6.45, 7) is 8.37. The predicted octanol–water partition coefficient (Wildman–Crippen LogP) is 2.12. The Morgan fingerprint density at radius 2 is 1.96 bits per heavy atom. The maximum absolute atomic E-state index is 12.4. The zero-order valence-corrected chi connectivity index (χ0v) is 15.6. The molecule has 8 nitrogen and oxygen atoms in total. The highest BCUT2D eigenvalue weighted by Gasteiger charge is 2.24. The van der Waals surface area contributed by atoms with E-state index in [1.807, 2.05) is 0 Å². The lowest BCUT2D eigenvalue weighted by Gasteiger charge is -2.20. The largest absolute Gasteiger partial charge is 0.452 e. The number of carbonyl (C=O) groups is 1. The summed E-state index contributed by atoms with van der Waals surface area (Å²) in [6, 6.07) is 4.30. The summed E-state index contributed by atoms with van der Waals surface area (Å²) in [6.07, 6.45) is 0. The molecule has 0 spiro atoms. The average Bonchev–Trinajstić information content (AvgIpc) is 2.88. The third kappa shape index (κ3) is 5.10. The molecule has 0 radical (unpaired) electrons. The van der Waals surface area contributed by atoms with Gasteiger partial charge in [0.15, 0.2) is 12.4 Å². The number of ether oxygens (including phenoxy) is 1. The van der Waals surface area contributed by atoms with E-state index in [0.29, 0.717) is 11.4 Å². The SMILES string of the molecule is Cc1noc(COC(=O)c2cc(S(=O)(=O)NC(C)(C)C)ccc2C)n1. The van der Waals surface area contributed by atoms with Gasteiger partial charge in [0.1, 0.15) is 0 Å². The van der Waals surface area contributed by atoms with E-state index in [4.69, 9.17) is 9.26 Å². The number of hydrogen-bond donors (Lipinski definition) is 1. The fourth-order valence-electron chi connectivity index (χ4n) is 2.05. The van der Waals surface area contributed by atoms with Crippen molar-refractivity contribution in [2.45, 2.75) is 51.7 Å². The molecule has 0 aliphatic carbocycles. The van der Waals surface area contributed by atoms with Gasteiger partial charge in [-0.1, -0.05) is 11.2 Å². The first-order valence-corrected chi connectivity index (χ1v) is 9.07. The summed E-state index contributed by atoms with van der Waals surface area (Å²) in [5.41, 5.74) is 0.120.